The Morgan fingerprint density at radius 1 is 1.25 bits per heavy atom. The summed E-state index contributed by atoms with van der Waals surface area (Å²) >= 11 is 4.79. The van der Waals surface area contributed by atoms with Gasteiger partial charge in [-0.05, 0) is 35.3 Å². The third-order valence-corrected chi connectivity index (χ3v) is 3.60. The highest BCUT2D eigenvalue weighted by Crippen LogP contribution is 2.24. The number of nitrogens with one attached hydrogen (secondary N) is 1. The van der Waals surface area contributed by atoms with Crippen molar-refractivity contribution in [2.45, 2.75) is 19.9 Å². The lowest BCUT2D eigenvalue weighted by Gasteiger charge is -2.12. The predicted octanol–water partition coefficient (Wildman–Crippen LogP) is 3.78. The van der Waals surface area contributed by atoms with E-state index in [0.29, 0.717) is 0 Å². The van der Waals surface area contributed by atoms with E-state index in [0.717, 1.165) is 9.05 Å². The molecule has 1 heterocycles. The van der Waals surface area contributed by atoms with Gasteiger partial charge in [-0.25, -0.2) is 0 Å². The molecule has 16 heavy (non-hydrogen) atoms. The molecule has 1 unspecified atom stereocenters. The minimum Gasteiger partial charge on any atom is -0.354 e. The molecule has 1 atom stereocenters. The second-order valence-electron chi connectivity index (χ2n) is 3.64. The standard InChI is InChI=1S/C11H12BrN3S/c1-7-3-5-9(6-4-7)8(2)13-11-15-14-10(12)16-11/h3-6,8H,1-2H3,(H,13,15). The summed E-state index contributed by atoms with van der Waals surface area (Å²) in [5.41, 5.74) is 2.52. The second-order valence-corrected chi connectivity index (χ2v) is 5.89. The minimum atomic E-state index is 0.237. The largest absolute Gasteiger partial charge is 0.354 e. The minimum absolute atomic E-state index is 0.237. The Balaban J connectivity index is 2.08. The highest BCUT2D eigenvalue weighted by Gasteiger charge is 2.07. The summed E-state index contributed by atoms with van der Waals surface area (Å²) in [6.07, 6.45) is 0. The van der Waals surface area contributed by atoms with Crippen molar-refractivity contribution >= 4 is 32.4 Å². The van der Waals surface area contributed by atoms with Crippen molar-refractivity contribution < 1.29 is 0 Å². The zero-order valence-electron chi connectivity index (χ0n) is 9.07. The molecule has 2 rings (SSSR count). The number of aromatic nitrogens is 2. The Kier molecular flexibility index (Phi) is 3.56. The van der Waals surface area contributed by atoms with Crippen LogP contribution in [0.5, 0.6) is 0 Å². The summed E-state index contributed by atoms with van der Waals surface area (Å²) < 4.78 is 0.797. The fraction of sp³-hybridized carbons (Fsp3) is 0.273. The highest BCUT2D eigenvalue weighted by molar-refractivity contribution is 9.11. The van der Waals surface area contributed by atoms with E-state index >= 15 is 0 Å². The van der Waals surface area contributed by atoms with Crippen molar-refractivity contribution in [2.24, 2.45) is 0 Å². The second kappa shape index (κ2) is 4.93. The van der Waals surface area contributed by atoms with Gasteiger partial charge in [0.15, 0.2) is 3.92 Å². The Labute approximate surface area is 107 Å². The molecule has 0 aliphatic carbocycles. The lowest BCUT2D eigenvalue weighted by Crippen LogP contribution is -2.06. The SMILES string of the molecule is Cc1ccc(C(C)Nc2nnc(Br)s2)cc1. The van der Waals surface area contributed by atoms with Gasteiger partial charge in [-0.15, -0.1) is 10.2 Å². The summed E-state index contributed by atoms with van der Waals surface area (Å²) in [6, 6.07) is 8.72. The van der Waals surface area contributed by atoms with Crippen LogP contribution >= 0.6 is 27.3 Å². The van der Waals surface area contributed by atoms with E-state index < -0.39 is 0 Å². The summed E-state index contributed by atoms with van der Waals surface area (Å²) in [7, 11) is 0. The topological polar surface area (TPSA) is 37.8 Å². The van der Waals surface area contributed by atoms with Crippen LogP contribution in [0, 0.1) is 6.92 Å². The first-order valence-corrected chi connectivity index (χ1v) is 6.58. The Morgan fingerprint density at radius 3 is 2.50 bits per heavy atom. The highest BCUT2D eigenvalue weighted by atomic mass is 79.9. The van der Waals surface area contributed by atoms with E-state index in [4.69, 9.17) is 0 Å². The van der Waals surface area contributed by atoms with Crippen molar-refractivity contribution in [3.8, 4) is 0 Å². The third kappa shape index (κ3) is 2.80. The van der Waals surface area contributed by atoms with Crippen molar-refractivity contribution in [3.63, 3.8) is 0 Å². The Bertz CT molecular complexity index is 466. The molecule has 5 heteroatoms. The van der Waals surface area contributed by atoms with Crippen LogP contribution in [0.25, 0.3) is 0 Å². The molecule has 84 valence electrons. The number of benzene rings is 1. The molecule has 1 aromatic heterocycles. The van der Waals surface area contributed by atoms with E-state index in [1.165, 1.54) is 22.5 Å². The molecule has 0 saturated heterocycles. The number of hydrogen-bond acceptors (Lipinski definition) is 4. The number of aryl methyl sites for hydroxylation is 1. The van der Waals surface area contributed by atoms with Crippen molar-refractivity contribution in [3.05, 3.63) is 39.3 Å². The van der Waals surface area contributed by atoms with Gasteiger partial charge in [0.1, 0.15) is 0 Å². The first kappa shape index (κ1) is 11.5. The first-order chi connectivity index (χ1) is 7.65. The number of hydrogen-bond donors (Lipinski definition) is 1. The molecular weight excluding hydrogens is 286 g/mol. The van der Waals surface area contributed by atoms with E-state index in [1.54, 1.807) is 0 Å². The van der Waals surface area contributed by atoms with E-state index in [9.17, 15) is 0 Å². The normalized spacial score (nSPS) is 12.4. The maximum absolute atomic E-state index is 4.01. The molecule has 1 N–H and O–H groups in total. The van der Waals surface area contributed by atoms with Crippen LogP contribution in [0.3, 0.4) is 0 Å². The van der Waals surface area contributed by atoms with E-state index in [1.807, 2.05) is 0 Å². The molecule has 2 aromatic rings. The van der Waals surface area contributed by atoms with Gasteiger partial charge in [0.2, 0.25) is 5.13 Å². The number of rotatable bonds is 3. The average Bonchev–Trinajstić information content (AvgIpc) is 2.65. The maximum Gasteiger partial charge on any atom is 0.206 e. The maximum atomic E-state index is 4.01. The molecule has 0 amide bonds. The first-order valence-electron chi connectivity index (χ1n) is 4.97. The fourth-order valence-electron chi connectivity index (χ4n) is 1.39. The monoisotopic (exact) mass is 297 g/mol. The van der Waals surface area contributed by atoms with Gasteiger partial charge in [-0.2, -0.15) is 0 Å². The summed E-state index contributed by atoms with van der Waals surface area (Å²) in [4.78, 5) is 0. The number of halogens is 1. The molecule has 0 bridgehead atoms. The zero-order valence-corrected chi connectivity index (χ0v) is 11.5. The van der Waals surface area contributed by atoms with Gasteiger partial charge in [-0.1, -0.05) is 41.2 Å². The van der Waals surface area contributed by atoms with Crippen molar-refractivity contribution in [2.75, 3.05) is 5.32 Å². The number of anilines is 1. The average molecular weight is 298 g/mol. The van der Waals surface area contributed by atoms with E-state index in [-0.39, 0.29) is 6.04 Å². The lowest BCUT2D eigenvalue weighted by atomic mass is 10.1. The van der Waals surface area contributed by atoms with Crippen LogP contribution in [-0.4, -0.2) is 10.2 Å². The molecule has 0 saturated carbocycles. The Morgan fingerprint density at radius 2 is 1.94 bits per heavy atom. The Hall–Kier alpha value is -0.940. The summed E-state index contributed by atoms with van der Waals surface area (Å²) in [5, 5.41) is 12.1. The van der Waals surface area contributed by atoms with Crippen LogP contribution < -0.4 is 5.32 Å². The van der Waals surface area contributed by atoms with Crippen molar-refractivity contribution in [1.82, 2.24) is 10.2 Å². The zero-order chi connectivity index (χ0) is 11.5. The molecule has 0 radical (unpaired) electrons. The molecule has 0 spiro atoms. The van der Waals surface area contributed by atoms with Crippen LogP contribution in [-0.2, 0) is 0 Å². The lowest BCUT2D eigenvalue weighted by molar-refractivity contribution is 0.872. The van der Waals surface area contributed by atoms with Gasteiger partial charge in [0, 0.05) is 0 Å². The van der Waals surface area contributed by atoms with Crippen LogP contribution in [0.4, 0.5) is 5.13 Å². The quantitative estimate of drug-likeness (QED) is 0.937. The van der Waals surface area contributed by atoms with Gasteiger partial charge < -0.3 is 5.32 Å². The van der Waals surface area contributed by atoms with Crippen LogP contribution in [0.1, 0.15) is 24.1 Å². The van der Waals surface area contributed by atoms with Crippen molar-refractivity contribution in [1.29, 1.82) is 0 Å². The van der Waals surface area contributed by atoms with Gasteiger partial charge in [0.25, 0.3) is 0 Å². The third-order valence-electron chi connectivity index (χ3n) is 2.32. The molecule has 0 aliphatic heterocycles. The fourth-order valence-corrected chi connectivity index (χ4v) is 2.49. The molecule has 0 aliphatic rings. The van der Waals surface area contributed by atoms with Gasteiger partial charge >= 0.3 is 0 Å². The summed E-state index contributed by atoms with van der Waals surface area (Å²) in [6.45, 7) is 4.20. The molecule has 3 nitrogen and oxygen atoms in total. The van der Waals surface area contributed by atoms with Crippen LogP contribution in [0.2, 0.25) is 0 Å². The molecule has 0 fully saturated rings. The van der Waals surface area contributed by atoms with Crippen LogP contribution in [0.15, 0.2) is 28.2 Å². The molecular formula is C11H12BrN3S. The van der Waals surface area contributed by atoms with Gasteiger partial charge in [-0.3, -0.25) is 0 Å². The number of nitrogens with zero attached hydrogens (tertiary/aromatic N) is 2. The molecule has 1 aromatic carbocycles. The predicted molar refractivity (Wildman–Crippen MR) is 70.8 cm³/mol. The van der Waals surface area contributed by atoms with Gasteiger partial charge in [0.05, 0.1) is 6.04 Å². The van der Waals surface area contributed by atoms with E-state index in [2.05, 4.69) is 69.6 Å². The smallest absolute Gasteiger partial charge is 0.206 e. The summed E-state index contributed by atoms with van der Waals surface area (Å²) in [5.74, 6) is 0.